The zero-order valence-electron chi connectivity index (χ0n) is 13.5. The predicted octanol–water partition coefficient (Wildman–Crippen LogP) is 2.73. The van der Waals surface area contributed by atoms with Crippen LogP contribution in [0.5, 0.6) is 5.75 Å². The third kappa shape index (κ3) is 4.96. The molecule has 0 aliphatic heterocycles. The lowest BCUT2D eigenvalue weighted by atomic mass is 10.2. The minimum Gasteiger partial charge on any atom is -0.494 e. The van der Waals surface area contributed by atoms with Crippen molar-refractivity contribution in [2.45, 2.75) is 18.0 Å². The Morgan fingerprint density at radius 2 is 1.62 bits per heavy atom. The summed E-state index contributed by atoms with van der Waals surface area (Å²) in [6.45, 7) is 2.26. The maximum absolute atomic E-state index is 12.5. The second-order valence-corrected chi connectivity index (χ2v) is 6.72. The van der Waals surface area contributed by atoms with E-state index in [0.717, 1.165) is 12.1 Å². The number of hydrogen-bond acceptors (Lipinski definition) is 4. The second kappa shape index (κ2) is 7.75. The van der Waals surface area contributed by atoms with E-state index in [4.69, 9.17) is 4.74 Å². The van der Waals surface area contributed by atoms with Gasteiger partial charge in [-0.1, -0.05) is 0 Å². The number of amides is 1. The highest BCUT2D eigenvalue weighted by atomic mass is 32.2. The number of carbonyl (C=O) groups excluding carboxylic acids is 1. The summed E-state index contributed by atoms with van der Waals surface area (Å²) in [7, 11) is -4.22. The third-order valence-corrected chi connectivity index (χ3v) is 4.48. The Bertz CT molecular complexity index is 864. The highest BCUT2D eigenvalue weighted by Crippen LogP contribution is 2.29. The van der Waals surface area contributed by atoms with Gasteiger partial charge in [-0.05, 0) is 55.5 Å². The van der Waals surface area contributed by atoms with Crippen LogP contribution in [0.4, 0.5) is 13.2 Å². The molecule has 2 rings (SSSR count). The van der Waals surface area contributed by atoms with E-state index in [-0.39, 0.29) is 5.56 Å². The molecule has 0 atom stereocenters. The molecule has 2 aromatic carbocycles. The van der Waals surface area contributed by atoms with Crippen LogP contribution in [0.15, 0.2) is 53.4 Å². The molecule has 0 saturated carbocycles. The molecule has 0 bridgehead atoms. The highest BCUT2D eigenvalue weighted by Gasteiger charge is 2.30. The maximum atomic E-state index is 12.5. The molecule has 0 saturated heterocycles. The molecule has 0 heterocycles. The van der Waals surface area contributed by atoms with Crippen LogP contribution in [-0.2, 0) is 16.2 Å². The summed E-state index contributed by atoms with van der Waals surface area (Å²) in [5.74, 6) is -0.182. The number of halogens is 3. The lowest BCUT2D eigenvalue weighted by molar-refractivity contribution is -0.137. The van der Waals surface area contributed by atoms with Gasteiger partial charge in [0.05, 0.1) is 17.1 Å². The fraction of sp³-hybridized carbons (Fsp3) is 0.188. The van der Waals surface area contributed by atoms with E-state index in [1.165, 1.54) is 12.1 Å². The lowest BCUT2D eigenvalue weighted by Crippen LogP contribution is -2.41. The Morgan fingerprint density at radius 1 is 1.04 bits per heavy atom. The molecule has 2 aromatic rings. The summed E-state index contributed by atoms with van der Waals surface area (Å²) in [5, 5.41) is 0. The number of hydrogen-bond donors (Lipinski definition) is 2. The van der Waals surface area contributed by atoms with Gasteiger partial charge in [0.15, 0.2) is 0 Å². The topological polar surface area (TPSA) is 84.5 Å². The first-order valence-corrected chi connectivity index (χ1v) is 8.84. The molecule has 0 aliphatic carbocycles. The fourth-order valence-corrected chi connectivity index (χ4v) is 2.78. The van der Waals surface area contributed by atoms with Gasteiger partial charge in [-0.15, -0.1) is 4.83 Å². The number of benzene rings is 2. The average Bonchev–Trinajstić information content (AvgIpc) is 2.60. The van der Waals surface area contributed by atoms with Crippen molar-refractivity contribution in [2.24, 2.45) is 0 Å². The number of rotatable bonds is 6. The minimum absolute atomic E-state index is 0.170. The summed E-state index contributed by atoms with van der Waals surface area (Å²) in [5.41, 5.74) is 1.19. The summed E-state index contributed by atoms with van der Waals surface area (Å²) < 4.78 is 66.8. The molecule has 0 aromatic heterocycles. The number of ether oxygens (including phenoxy) is 1. The number of hydrazine groups is 1. The normalized spacial score (nSPS) is 11.8. The third-order valence-electron chi connectivity index (χ3n) is 3.22. The van der Waals surface area contributed by atoms with Crippen LogP contribution in [0.1, 0.15) is 22.8 Å². The van der Waals surface area contributed by atoms with Gasteiger partial charge in [0.2, 0.25) is 0 Å². The van der Waals surface area contributed by atoms with Crippen molar-refractivity contribution in [3.8, 4) is 5.75 Å². The summed E-state index contributed by atoms with van der Waals surface area (Å²) in [6, 6.07) is 8.85. The predicted molar refractivity (Wildman–Crippen MR) is 86.8 cm³/mol. The molecule has 6 nitrogen and oxygen atoms in total. The first-order chi connectivity index (χ1) is 12.1. The number of alkyl halides is 3. The second-order valence-electron chi connectivity index (χ2n) is 5.04. The Kier molecular flexibility index (Phi) is 5.88. The molecule has 0 unspecified atom stereocenters. The molecular weight excluding hydrogens is 373 g/mol. The van der Waals surface area contributed by atoms with Gasteiger partial charge in [0.1, 0.15) is 5.75 Å². The van der Waals surface area contributed by atoms with Gasteiger partial charge >= 0.3 is 6.18 Å². The molecule has 2 N–H and O–H groups in total. The molecule has 140 valence electrons. The summed E-state index contributed by atoms with van der Waals surface area (Å²) in [4.78, 5) is 13.4. The van der Waals surface area contributed by atoms with Gasteiger partial charge in [0, 0.05) is 5.56 Å². The summed E-state index contributed by atoms with van der Waals surface area (Å²) >= 11 is 0. The Hall–Kier alpha value is -2.59. The average molecular weight is 388 g/mol. The molecular formula is C16H15F3N2O4S. The Morgan fingerprint density at radius 3 is 2.12 bits per heavy atom. The lowest BCUT2D eigenvalue weighted by Gasteiger charge is -2.10. The van der Waals surface area contributed by atoms with Crippen LogP contribution in [-0.4, -0.2) is 20.9 Å². The van der Waals surface area contributed by atoms with Crippen LogP contribution in [0.2, 0.25) is 0 Å². The van der Waals surface area contributed by atoms with Crippen LogP contribution in [0.3, 0.4) is 0 Å². The van der Waals surface area contributed by atoms with Crippen molar-refractivity contribution < 1.29 is 31.1 Å². The van der Waals surface area contributed by atoms with E-state index in [9.17, 15) is 26.4 Å². The molecule has 26 heavy (non-hydrogen) atoms. The maximum Gasteiger partial charge on any atom is 0.416 e. The van der Waals surface area contributed by atoms with Crippen LogP contribution >= 0.6 is 0 Å². The number of carbonyl (C=O) groups is 1. The van der Waals surface area contributed by atoms with E-state index in [1.54, 1.807) is 19.1 Å². The molecule has 0 spiro atoms. The van der Waals surface area contributed by atoms with Crippen molar-refractivity contribution in [2.75, 3.05) is 6.61 Å². The van der Waals surface area contributed by atoms with E-state index in [1.807, 2.05) is 10.3 Å². The van der Waals surface area contributed by atoms with E-state index in [0.29, 0.717) is 24.5 Å². The monoisotopic (exact) mass is 388 g/mol. The van der Waals surface area contributed by atoms with Crippen molar-refractivity contribution in [1.29, 1.82) is 0 Å². The Balaban J connectivity index is 2.04. The van der Waals surface area contributed by atoms with Crippen molar-refractivity contribution >= 4 is 15.9 Å². The molecule has 10 heteroatoms. The van der Waals surface area contributed by atoms with Crippen LogP contribution in [0.25, 0.3) is 0 Å². The summed E-state index contributed by atoms with van der Waals surface area (Å²) in [6.07, 6.45) is -4.57. The first kappa shape index (κ1) is 19.7. The van der Waals surface area contributed by atoms with Crippen molar-refractivity contribution in [3.05, 3.63) is 59.7 Å². The van der Waals surface area contributed by atoms with Gasteiger partial charge in [-0.3, -0.25) is 10.2 Å². The molecule has 0 radical (unpaired) electrons. The quantitative estimate of drug-likeness (QED) is 0.746. The first-order valence-electron chi connectivity index (χ1n) is 7.36. The smallest absolute Gasteiger partial charge is 0.416 e. The molecule has 0 fully saturated rings. The van der Waals surface area contributed by atoms with Gasteiger partial charge in [-0.2, -0.15) is 13.2 Å². The largest absolute Gasteiger partial charge is 0.494 e. The standard InChI is InChI=1S/C16H15F3N2O4S/c1-2-25-13-7-3-11(4-8-13)15(22)20-21-26(23,24)14-9-5-12(6-10-14)16(17,18)19/h3-10,21H,2H2,1H3,(H,20,22). The van der Waals surface area contributed by atoms with Crippen LogP contribution in [0, 0.1) is 0 Å². The highest BCUT2D eigenvalue weighted by molar-refractivity contribution is 7.89. The van der Waals surface area contributed by atoms with E-state index in [2.05, 4.69) is 0 Å². The van der Waals surface area contributed by atoms with E-state index >= 15 is 0 Å². The van der Waals surface area contributed by atoms with Crippen molar-refractivity contribution in [3.63, 3.8) is 0 Å². The SMILES string of the molecule is CCOc1ccc(C(=O)NNS(=O)(=O)c2ccc(C(F)(F)F)cc2)cc1. The van der Waals surface area contributed by atoms with Gasteiger partial charge in [0.25, 0.3) is 15.9 Å². The van der Waals surface area contributed by atoms with Crippen molar-refractivity contribution in [1.82, 2.24) is 10.3 Å². The van der Waals surface area contributed by atoms with E-state index < -0.39 is 32.6 Å². The Labute approximate surface area is 148 Å². The number of nitrogens with one attached hydrogen (secondary N) is 2. The molecule has 0 aliphatic rings. The minimum atomic E-state index is -4.57. The van der Waals surface area contributed by atoms with Gasteiger partial charge < -0.3 is 4.74 Å². The fourth-order valence-electron chi connectivity index (χ4n) is 1.94. The number of sulfonamides is 1. The van der Waals surface area contributed by atoms with Crippen LogP contribution < -0.4 is 15.0 Å². The molecule has 1 amide bonds. The van der Waals surface area contributed by atoms with Gasteiger partial charge in [-0.25, -0.2) is 8.42 Å². The zero-order valence-corrected chi connectivity index (χ0v) is 14.3. The zero-order chi connectivity index (χ0) is 19.4.